The molecule has 1 aliphatic heterocycles. The fourth-order valence-corrected chi connectivity index (χ4v) is 31.3. The Kier molecular flexibility index (Phi) is 21.4. The van der Waals surface area contributed by atoms with Gasteiger partial charge in [0.25, 0.3) is 0 Å². The summed E-state index contributed by atoms with van der Waals surface area (Å²) in [6.07, 6.45) is 5.60. The summed E-state index contributed by atoms with van der Waals surface area (Å²) in [5.41, 5.74) is 34.3. The minimum Gasteiger partial charge on any atom is -0.405 e. The number of aryl methyl sites for hydroxylation is 6. The summed E-state index contributed by atoms with van der Waals surface area (Å²) in [5.74, 6) is 59.3. The van der Waals surface area contributed by atoms with Crippen LogP contribution in [-0.4, -0.2) is 35.8 Å². The summed E-state index contributed by atoms with van der Waals surface area (Å²) >= 11 is 24.2. The Hall–Kier alpha value is -12.6. The molecule has 658 valence electrons. The Morgan fingerprint density at radius 1 is 0.320 bits per heavy atom. The molecular weight excluding hydrogens is 1830 g/mol. The molecule has 0 spiro atoms. The van der Waals surface area contributed by atoms with Crippen molar-refractivity contribution in [1.29, 1.82) is 0 Å². The van der Waals surface area contributed by atoms with Crippen LogP contribution in [0.25, 0.3) is 185 Å². The van der Waals surface area contributed by atoms with E-state index in [0.717, 1.165) is 165 Å². The van der Waals surface area contributed by atoms with Crippen molar-refractivity contribution in [3.63, 3.8) is 0 Å². The van der Waals surface area contributed by atoms with Gasteiger partial charge in [-0.25, -0.2) is 0 Å². The van der Waals surface area contributed by atoms with Crippen molar-refractivity contribution in [1.82, 2.24) is 35.8 Å². The number of rotatable bonds is 10. The van der Waals surface area contributed by atoms with Gasteiger partial charge in [0.1, 0.15) is 45.7 Å². The first-order valence-corrected chi connectivity index (χ1v) is 49.8. The van der Waals surface area contributed by atoms with Gasteiger partial charge in [-0.3, -0.25) is 9.13 Å². The van der Waals surface area contributed by atoms with Crippen molar-refractivity contribution < 1.29 is 52.3 Å². The average Bonchev–Trinajstić information content (AvgIpc) is 1.58. The molecule has 0 saturated heterocycles. The molecule has 0 bridgehead atoms. The van der Waals surface area contributed by atoms with Gasteiger partial charge in [-0.05, 0) is 200 Å². The molecule has 0 unspecified atom stereocenters. The summed E-state index contributed by atoms with van der Waals surface area (Å²) in [7, 11) is 4.18. The fraction of sp³-hybridized carbons (Fsp3) is 0.125. The van der Waals surface area contributed by atoms with Crippen LogP contribution in [0.3, 0.4) is 0 Å². The van der Waals surface area contributed by atoms with E-state index >= 15 is 0 Å². The molecule has 0 radical (unpaired) electrons. The van der Waals surface area contributed by atoms with Gasteiger partial charge < -0.3 is 30.1 Å². The van der Waals surface area contributed by atoms with Crippen molar-refractivity contribution in [2.45, 2.75) is 69.2 Å². The Labute approximate surface area is 820 Å². The number of anilines is 2. The van der Waals surface area contributed by atoms with Gasteiger partial charge in [-0.2, -0.15) is 26.2 Å². The smallest absolute Gasteiger partial charge is 0.160 e. The molecule has 4 N–H and O–H groups in total. The highest BCUT2D eigenvalue weighted by atomic mass is 32.2. The zero-order valence-electron chi connectivity index (χ0n) is 67.5. The summed E-state index contributed by atoms with van der Waals surface area (Å²) in [6.45, 7) is 19.3. The molecule has 19 heterocycles. The molecule has 21 rings (SSSR count). The number of aromatic nitrogens is 8. The van der Waals surface area contributed by atoms with Gasteiger partial charge in [0.15, 0.2) is 11.5 Å². The number of thiophene rings is 12. The third-order valence-electron chi connectivity index (χ3n) is 20.3. The van der Waals surface area contributed by atoms with Gasteiger partial charge in [0.05, 0.1) is 163 Å². The molecular formula is C96H112N12O2S15. The first-order valence-electron chi connectivity index (χ1n) is 37.8. The lowest BCUT2D eigenvalue weighted by atomic mass is 10.0. The highest BCUT2D eigenvalue weighted by Crippen LogP contribution is 2.60. The molecule has 125 heavy (non-hydrogen) atoms. The van der Waals surface area contributed by atoms with Crippen LogP contribution in [0.4, 0.5) is 22.7 Å². The zero-order chi connectivity index (χ0) is 85.7. The highest BCUT2D eigenvalue weighted by Gasteiger charge is 2.33. The lowest BCUT2D eigenvalue weighted by Gasteiger charge is -2.12. The van der Waals surface area contributed by atoms with Crippen LogP contribution in [0.2, 0.25) is 0 Å². The van der Waals surface area contributed by atoms with Crippen molar-refractivity contribution in [2.75, 3.05) is 11.5 Å². The van der Waals surface area contributed by atoms with Gasteiger partial charge >= 0.3 is 0 Å². The third kappa shape index (κ3) is 13.9. The van der Waals surface area contributed by atoms with Crippen molar-refractivity contribution in [3.05, 3.63) is 103 Å². The van der Waals surface area contributed by atoms with E-state index in [1.54, 1.807) is 155 Å². The molecule has 14 nitrogen and oxygen atoms in total. The summed E-state index contributed by atoms with van der Waals surface area (Å²) in [5, 5.41) is 0. The number of hydrogen-bond donors (Lipinski definition) is 2. The molecule has 0 atom stereocenters. The number of nitrogen functional groups attached to an aromatic ring is 2. The standard InChI is InChI=1S/C48H24N6OS8.C48H28N6OS7.30H2/c1-7-10-13-16-27-21-28-44(57-27)45-29(53(28)6)22-36(61-45)48-32(55-18-15-12-9-3)24-34(59-48)38-41-39(49-62-51-41)37(40-42(38)52-63-50-40)33-19-25(4)43(58-33)35-23-31-47(60-35)46-30(20-26(5)56-46)54(31)17-14-11-8-2;1-7-10-13-16-27-21-28-44(57-27)45-29(53(28)6)22-36(61-45)48-32(55-18-15-12-9-3)24-34(59-48)38-40(50)39(49)37(41-42(38)52-62-51-41)33-19-25(4)43(58-33)35-23-31-47(60-35)46-30(20-26(5)56-46)54(31)17-14-11-8-2;;;;;;;;;;;;;;;;;;;;;;;;;;;;;;/h19-24H,1-6H3;19-24H,49-50H2,1-6H3;30*1H. The predicted molar refractivity (Wildman–Crippen MR) is 607 cm³/mol. The van der Waals surface area contributed by atoms with E-state index in [9.17, 15) is 0 Å². The topological polar surface area (TPSA) is 166 Å². The van der Waals surface area contributed by atoms with Crippen LogP contribution in [0.5, 0.6) is 11.5 Å². The Morgan fingerprint density at radius 3 is 1.06 bits per heavy atom. The number of nitrogens with zero attached hydrogens (tertiary/aromatic N) is 10. The maximum Gasteiger partial charge on any atom is 0.160 e. The highest BCUT2D eigenvalue weighted by molar-refractivity contribution is 7.58. The first kappa shape index (κ1) is 80.8. The molecule has 0 amide bonds. The van der Waals surface area contributed by atoms with Crippen LogP contribution in [0, 0.1) is 170 Å². The second-order valence-corrected chi connectivity index (χ2v) is 42.4. The summed E-state index contributed by atoms with van der Waals surface area (Å²) in [4.78, 5) is 17.0. The fourth-order valence-electron chi connectivity index (χ4n) is 15.0. The van der Waals surface area contributed by atoms with Crippen LogP contribution in [0.1, 0.15) is 115 Å². The Bertz CT molecular complexity index is 9220. The van der Waals surface area contributed by atoms with Gasteiger partial charge in [-0.15, -0.1) is 136 Å². The molecule has 0 fully saturated rings. The number of hydrogen-bond acceptors (Lipinski definition) is 24. The van der Waals surface area contributed by atoms with Crippen LogP contribution >= 0.6 is 159 Å². The van der Waals surface area contributed by atoms with E-state index in [0.29, 0.717) is 33.9 Å². The van der Waals surface area contributed by atoms with E-state index in [1.165, 1.54) is 85.8 Å². The SMILES string of the molecule is CC#CC#COc1cc(-c2c(N)c(N)c(-c3cc(C)c(-c4cc5c(s4)c4sc(C)cc4n5C#CC#CC)s3)c3nsnc23)sc1-c1cc2c(s1)c1sc(C#CC#CC)cc1n2C.CC#CC#COc1cc(-c2c3c(c(-c4cc(C)c(-c5cc6c(s5)c5sc(C)cc5n6C#CC#CC)s4)c4nsnc24)N=S=N3)sc1-c1cc2c(s1)c1sc(C#CC#CC)cc1n2C.[HH].[HH].[HH].[HH].[HH].[HH].[HH].[HH].[HH].[HH].[HH].[HH].[HH].[HH].[HH].[HH].[HH].[HH].[HH].[HH].[HH].[HH].[HH].[HH].[HH].[HH].[HH].[HH].[HH].[HH]. The van der Waals surface area contributed by atoms with E-state index < -0.39 is 0 Å². The van der Waals surface area contributed by atoms with Crippen molar-refractivity contribution in [2.24, 2.45) is 22.8 Å². The van der Waals surface area contributed by atoms with Crippen molar-refractivity contribution >= 4 is 297 Å². The first-order chi connectivity index (χ1) is 61.0. The molecule has 18 aromatic heterocycles. The molecule has 2 aromatic carbocycles. The minimum absolute atomic E-state index is 0. The maximum absolute atomic E-state index is 7.10. The number of ether oxygens (including phenoxy) is 2. The number of benzene rings is 2. The van der Waals surface area contributed by atoms with Crippen LogP contribution in [-0.2, 0) is 25.4 Å². The molecule has 20 aromatic rings. The quantitative estimate of drug-likeness (QED) is 0.101. The Morgan fingerprint density at radius 2 is 0.640 bits per heavy atom. The van der Waals surface area contributed by atoms with Gasteiger partial charge in [-0.1, -0.05) is 35.5 Å². The summed E-state index contributed by atoms with van der Waals surface area (Å²) in [6, 6.07) is 32.6. The zero-order valence-corrected chi connectivity index (χ0v) is 79.7. The normalized spacial score (nSPS) is 11.0. The second kappa shape index (κ2) is 33.2. The molecule has 1 aliphatic rings. The number of fused-ring (bicyclic) bond motifs is 15. The minimum atomic E-state index is 0. The second-order valence-electron chi connectivity index (χ2n) is 27.8. The molecule has 0 aliphatic carbocycles. The monoisotopic (exact) mass is 1940 g/mol. The summed E-state index contributed by atoms with van der Waals surface area (Å²) < 4.78 is 60.1. The van der Waals surface area contributed by atoms with E-state index in [-0.39, 0.29) is 42.8 Å². The van der Waals surface area contributed by atoms with E-state index in [2.05, 4.69) is 263 Å². The van der Waals surface area contributed by atoms with Gasteiger partial charge in [0.2, 0.25) is 0 Å². The average molecular weight is 1950 g/mol. The third-order valence-corrected chi connectivity index (χ3v) is 36.7. The predicted octanol–water partition coefficient (Wildman–Crippen LogP) is 34.6. The maximum atomic E-state index is 7.10. The molecule has 0 saturated carbocycles. The van der Waals surface area contributed by atoms with Crippen LogP contribution < -0.4 is 20.9 Å². The molecule has 29 heteroatoms. The Balaban J connectivity index is -0.000000249. The lowest BCUT2D eigenvalue weighted by Crippen LogP contribution is -2.01. The van der Waals surface area contributed by atoms with E-state index in [1.807, 2.05) is 34.8 Å². The van der Waals surface area contributed by atoms with Crippen LogP contribution in [0.15, 0.2) is 81.5 Å². The van der Waals surface area contributed by atoms with E-state index in [4.69, 9.17) is 47.2 Å². The lowest BCUT2D eigenvalue weighted by molar-refractivity contribution is 0.524. The van der Waals surface area contributed by atoms with Gasteiger partial charge in [0, 0.05) is 170 Å². The number of nitrogens with two attached hydrogens (primary N) is 2. The van der Waals surface area contributed by atoms with Crippen molar-refractivity contribution in [3.8, 4) is 235 Å². The largest absolute Gasteiger partial charge is 0.405 e.